The van der Waals surface area contributed by atoms with Gasteiger partial charge in [-0.15, -0.1) is 0 Å². The third-order valence-corrected chi connectivity index (χ3v) is 5.50. The average molecular weight is 429 g/mol. The average Bonchev–Trinajstić information content (AvgIpc) is 3.03. The number of nitrogens with zero attached hydrogens (tertiary/aromatic N) is 1. The molecule has 1 atom stereocenters. The maximum Gasteiger partial charge on any atom is 0.300 e. The van der Waals surface area contributed by atoms with Crippen LogP contribution in [-0.4, -0.2) is 29.0 Å². The molecule has 162 valence electrons. The summed E-state index contributed by atoms with van der Waals surface area (Å²) in [6, 6.07) is 17.8. The molecule has 1 heterocycles. The summed E-state index contributed by atoms with van der Waals surface area (Å²) in [4.78, 5) is 27.9. The number of methoxy groups -OCH3 is 1. The second-order valence-corrected chi connectivity index (χ2v) is 7.81. The van der Waals surface area contributed by atoms with Gasteiger partial charge in [-0.25, -0.2) is 0 Å². The van der Waals surface area contributed by atoms with E-state index in [9.17, 15) is 19.8 Å². The molecule has 1 unspecified atom stereocenters. The number of amides is 1. The summed E-state index contributed by atoms with van der Waals surface area (Å²) in [6.45, 7) is 3.83. The van der Waals surface area contributed by atoms with Gasteiger partial charge in [0.1, 0.15) is 17.3 Å². The number of hydrogen-bond donors (Lipinski definition) is 2. The van der Waals surface area contributed by atoms with Crippen molar-refractivity contribution in [3.63, 3.8) is 0 Å². The lowest BCUT2D eigenvalue weighted by Crippen LogP contribution is -2.29. The van der Waals surface area contributed by atoms with E-state index in [0.29, 0.717) is 22.6 Å². The number of aliphatic hydroxyl groups excluding tert-OH is 1. The lowest BCUT2D eigenvalue weighted by molar-refractivity contribution is -0.132. The smallest absolute Gasteiger partial charge is 0.300 e. The monoisotopic (exact) mass is 429 g/mol. The topological polar surface area (TPSA) is 87.1 Å². The second-order valence-electron chi connectivity index (χ2n) is 7.81. The Morgan fingerprint density at radius 2 is 1.56 bits per heavy atom. The highest BCUT2D eigenvalue weighted by molar-refractivity contribution is 6.51. The van der Waals surface area contributed by atoms with E-state index in [2.05, 4.69) is 0 Å². The number of ether oxygens (including phenoxy) is 1. The van der Waals surface area contributed by atoms with Gasteiger partial charge in [0, 0.05) is 5.69 Å². The fourth-order valence-corrected chi connectivity index (χ4v) is 4.15. The Labute approximate surface area is 186 Å². The summed E-state index contributed by atoms with van der Waals surface area (Å²) in [5.41, 5.74) is 3.30. The van der Waals surface area contributed by atoms with Crippen LogP contribution in [0.5, 0.6) is 11.5 Å². The van der Waals surface area contributed by atoms with Crippen molar-refractivity contribution in [2.45, 2.75) is 19.9 Å². The first-order valence-corrected chi connectivity index (χ1v) is 10.1. The van der Waals surface area contributed by atoms with Crippen molar-refractivity contribution in [1.29, 1.82) is 0 Å². The van der Waals surface area contributed by atoms with Crippen molar-refractivity contribution >= 4 is 23.1 Å². The van der Waals surface area contributed by atoms with Crippen molar-refractivity contribution in [3.8, 4) is 11.5 Å². The number of aliphatic hydroxyl groups is 1. The van der Waals surface area contributed by atoms with Crippen LogP contribution in [-0.2, 0) is 9.59 Å². The largest absolute Gasteiger partial charge is 0.508 e. The molecule has 3 aromatic rings. The number of rotatable bonds is 4. The van der Waals surface area contributed by atoms with Gasteiger partial charge in [0.2, 0.25) is 0 Å². The van der Waals surface area contributed by atoms with Crippen LogP contribution in [0.25, 0.3) is 5.76 Å². The van der Waals surface area contributed by atoms with Gasteiger partial charge < -0.3 is 14.9 Å². The molecule has 0 aromatic heterocycles. The molecule has 0 bridgehead atoms. The summed E-state index contributed by atoms with van der Waals surface area (Å²) < 4.78 is 5.35. The molecule has 1 fully saturated rings. The normalized spacial score (nSPS) is 17.6. The van der Waals surface area contributed by atoms with Crippen LogP contribution < -0.4 is 9.64 Å². The fourth-order valence-electron chi connectivity index (χ4n) is 4.15. The van der Waals surface area contributed by atoms with E-state index in [0.717, 1.165) is 11.1 Å². The number of benzene rings is 3. The van der Waals surface area contributed by atoms with Gasteiger partial charge in [-0.05, 0) is 66.9 Å². The van der Waals surface area contributed by atoms with Crippen LogP contribution in [0, 0.1) is 13.8 Å². The van der Waals surface area contributed by atoms with Gasteiger partial charge in [-0.1, -0.05) is 30.3 Å². The molecule has 6 heteroatoms. The summed E-state index contributed by atoms with van der Waals surface area (Å²) in [5, 5.41) is 21.0. The summed E-state index contributed by atoms with van der Waals surface area (Å²) >= 11 is 0. The minimum atomic E-state index is -0.873. The molecule has 0 saturated carbocycles. The predicted octanol–water partition coefficient (Wildman–Crippen LogP) is 4.64. The second kappa shape index (κ2) is 8.23. The highest BCUT2D eigenvalue weighted by atomic mass is 16.5. The number of phenolic OH excluding ortho intramolecular Hbond substituents is 1. The maximum atomic E-state index is 13.2. The number of Topliss-reactive ketones (excluding diaryl/α,β-unsaturated/α-hetero) is 1. The van der Waals surface area contributed by atoms with Crippen molar-refractivity contribution in [3.05, 3.63) is 94.6 Å². The number of para-hydroxylation sites is 1. The number of carbonyl (C=O) groups is 2. The zero-order valence-electron chi connectivity index (χ0n) is 18.0. The van der Waals surface area contributed by atoms with Crippen molar-refractivity contribution in [2.24, 2.45) is 0 Å². The van der Waals surface area contributed by atoms with Gasteiger partial charge >= 0.3 is 0 Å². The molecule has 0 spiro atoms. The van der Waals surface area contributed by atoms with Crippen LogP contribution in [0.2, 0.25) is 0 Å². The quantitative estimate of drug-likeness (QED) is 0.358. The zero-order chi connectivity index (χ0) is 23.0. The Morgan fingerprint density at radius 1 is 0.938 bits per heavy atom. The fraction of sp³-hybridized carbons (Fsp3) is 0.154. The third-order valence-electron chi connectivity index (χ3n) is 5.50. The molecule has 1 saturated heterocycles. The summed E-state index contributed by atoms with van der Waals surface area (Å²) in [6.07, 6.45) is 0. The number of hydrogen-bond acceptors (Lipinski definition) is 5. The maximum absolute atomic E-state index is 13.2. The SMILES string of the molecule is COc1ccccc1/C(O)=C1\C(=O)C(=O)N(c2cc(C)cc(C)c2)C1c1ccc(O)cc1. The Balaban J connectivity index is 1.99. The molecule has 0 aliphatic carbocycles. The molecule has 1 amide bonds. The standard InChI is InChI=1S/C26H23NO5/c1-15-12-16(2)14-18(13-15)27-23(17-8-10-19(28)11-9-17)22(25(30)26(27)31)24(29)20-6-4-5-7-21(20)32-3/h4-14,23,28-29H,1-3H3/b24-22+. The van der Waals surface area contributed by atoms with E-state index in [1.165, 1.54) is 24.1 Å². The van der Waals surface area contributed by atoms with E-state index >= 15 is 0 Å². The first kappa shape index (κ1) is 21.2. The van der Waals surface area contributed by atoms with E-state index in [1.807, 2.05) is 32.0 Å². The lowest BCUT2D eigenvalue weighted by Gasteiger charge is -2.26. The highest BCUT2D eigenvalue weighted by Gasteiger charge is 2.47. The van der Waals surface area contributed by atoms with Crippen LogP contribution in [0.15, 0.2) is 72.3 Å². The highest BCUT2D eigenvalue weighted by Crippen LogP contribution is 2.43. The van der Waals surface area contributed by atoms with Crippen molar-refractivity contribution in [1.82, 2.24) is 0 Å². The minimum absolute atomic E-state index is 0.0376. The van der Waals surface area contributed by atoms with Gasteiger partial charge in [0.15, 0.2) is 0 Å². The number of aryl methyl sites for hydroxylation is 2. The van der Waals surface area contributed by atoms with Gasteiger partial charge in [-0.3, -0.25) is 14.5 Å². The predicted molar refractivity (Wildman–Crippen MR) is 122 cm³/mol. The molecule has 1 aliphatic heterocycles. The van der Waals surface area contributed by atoms with E-state index in [1.54, 1.807) is 36.4 Å². The van der Waals surface area contributed by atoms with Crippen LogP contribution in [0.3, 0.4) is 0 Å². The van der Waals surface area contributed by atoms with Gasteiger partial charge in [0.25, 0.3) is 11.7 Å². The molecule has 1 aliphatic rings. The third kappa shape index (κ3) is 3.60. The number of anilines is 1. The number of ketones is 1. The van der Waals surface area contributed by atoms with Crippen molar-refractivity contribution in [2.75, 3.05) is 12.0 Å². The zero-order valence-corrected chi connectivity index (χ0v) is 18.0. The van der Waals surface area contributed by atoms with E-state index in [4.69, 9.17) is 4.74 Å². The number of aromatic hydroxyl groups is 1. The summed E-state index contributed by atoms with van der Waals surface area (Å²) in [7, 11) is 1.47. The molecule has 2 N–H and O–H groups in total. The van der Waals surface area contributed by atoms with Gasteiger partial charge in [0.05, 0.1) is 24.3 Å². The Morgan fingerprint density at radius 3 is 2.19 bits per heavy atom. The molecule has 4 rings (SSSR count). The first-order valence-electron chi connectivity index (χ1n) is 10.1. The van der Waals surface area contributed by atoms with E-state index in [-0.39, 0.29) is 17.1 Å². The Bertz CT molecular complexity index is 1220. The first-order chi connectivity index (χ1) is 15.3. The lowest BCUT2D eigenvalue weighted by atomic mass is 9.94. The number of phenols is 1. The van der Waals surface area contributed by atoms with Crippen molar-refractivity contribution < 1.29 is 24.5 Å². The van der Waals surface area contributed by atoms with Gasteiger partial charge in [-0.2, -0.15) is 0 Å². The van der Waals surface area contributed by atoms with Crippen LogP contribution in [0.4, 0.5) is 5.69 Å². The van der Waals surface area contributed by atoms with Crippen LogP contribution >= 0.6 is 0 Å². The summed E-state index contributed by atoms with van der Waals surface area (Å²) in [5.74, 6) is -1.39. The molecular formula is C26H23NO5. The molecule has 0 radical (unpaired) electrons. The Hall–Kier alpha value is -4.06. The van der Waals surface area contributed by atoms with E-state index < -0.39 is 17.7 Å². The molecule has 6 nitrogen and oxygen atoms in total. The number of carbonyl (C=O) groups excluding carboxylic acids is 2. The molecule has 3 aromatic carbocycles. The van der Waals surface area contributed by atoms with Crippen LogP contribution in [0.1, 0.15) is 28.3 Å². The molecule has 32 heavy (non-hydrogen) atoms. The minimum Gasteiger partial charge on any atom is -0.508 e. The Kier molecular flexibility index (Phi) is 5.45. The molecular weight excluding hydrogens is 406 g/mol.